The van der Waals surface area contributed by atoms with Crippen LogP contribution in [0.25, 0.3) is 139 Å². The van der Waals surface area contributed by atoms with Crippen molar-refractivity contribution in [2.75, 3.05) is 0 Å². The molecule has 5 heterocycles. The van der Waals surface area contributed by atoms with Gasteiger partial charge in [-0.2, -0.15) is 0 Å². The maximum absolute atomic E-state index is 5.03. The molecule has 0 saturated heterocycles. The van der Waals surface area contributed by atoms with E-state index in [9.17, 15) is 0 Å². The number of rotatable bonds is 8. The molecule has 350 valence electrons. The van der Waals surface area contributed by atoms with Crippen molar-refractivity contribution in [2.24, 2.45) is 0 Å². The largest absolute Gasteiger partial charge is 0.309 e. The molecule has 7 heteroatoms. The smallest absolute Gasteiger partial charge is 0.164 e. The first kappa shape index (κ1) is 42.4. The van der Waals surface area contributed by atoms with Crippen molar-refractivity contribution in [1.29, 1.82) is 0 Å². The average molecular weight is 958 g/mol. The Kier molecular flexibility index (Phi) is 9.75. The average Bonchev–Trinajstić information content (AvgIpc) is 4.18. The summed E-state index contributed by atoms with van der Waals surface area (Å²) in [7, 11) is 0. The predicted molar refractivity (Wildman–Crippen MR) is 308 cm³/mol. The predicted octanol–water partition coefficient (Wildman–Crippen LogP) is 16.9. The van der Waals surface area contributed by atoms with Crippen LogP contribution in [0.5, 0.6) is 0 Å². The van der Waals surface area contributed by atoms with Crippen LogP contribution in [0.15, 0.2) is 261 Å². The SMILES string of the molecule is c1ccc(-c2nc(-c3ccncc3)nc(-c3ccc(-n4c5ccc(-c6ccc7c(c6)c6ccccc6n7-c6ccccc6)cc5c5cc(-c6ccc7c(c6)c6ccccc6n7-c6ccccc6)ccc54)cc3)n2)cc1. The highest BCUT2D eigenvalue weighted by atomic mass is 15.0. The summed E-state index contributed by atoms with van der Waals surface area (Å²) in [5.74, 6) is 1.82. The molecule has 0 radical (unpaired) electrons. The van der Waals surface area contributed by atoms with E-state index in [0.29, 0.717) is 17.5 Å². The number of pyridine rings is 1. The molecule has 15 aromatic rings. The van der Waals surface area contributed by atoms with E-state index in [1.54, 1.807) is 12.4 Å². The molecule has 0 bridgehead atoms. The fourth-order valence-corrected chi connectivity index (χ4v) is 11.3. The summed E-state index contributed by atoms with van der Waals surface area (Å²) in [4.78, 5) is 19.2. The summed E-state index contributed by atoms with van der Waals surface area (Å²) in [6, 6.07) is 89.1. The molecule has 0 atom stereocenters. The minimum absolute atomic E-state index is 0.599. The highest BCUT2D eigenvalue weighted by Crippen LogP contribution is 2.41. The van der Waals surface area contributed by atoms with Gasteiger partial charge in [-0.3, -0.25) is 4.98 Å². The standard InChI is InChI=1S/C68H43N7/c1-4-14-44(15-5-1)66-70-67(72-68(71-66)46-36-38-69-39-37-46)45-24-30-53(31-25-45)75-64-34-28-49(47-26-32-62-56(40-47)54-20-10-12-22-60(54)73(62)51-16-6-2-7-17-51)42-58(64)59-43-50(29-35-65(59)75)48-27-33-63-57(41-48)55-21-11-13-23-61(55)74(63)52-18-8-3-9-19-52/h1-43H. The maximum atomic E-state index is 5.03. The van der Waals surface area contributed by atoms with Crippen molar-refractivity contribution < 1.29 is 0 Å². The Morgan fingerprint density at radius 3 is 0.920 bits per heavy atom. The summed E-state index contributed by atoms with van der Waals surface area (Å²) in [5.41, 5.74) is 17.7. The topological polar surface area (TPSA) is 66.3 Å². The summed E-state index contributed by atoms with van der Waals surface area (Å²) >= 11 is 0. The lowest BCUT2D eigenvalue weighted by Crippen LogP contribution is -2.00. The van der Waals surface area contributed by atoms with E-state index >= 15 is 0 Å². The quantitative estimate of drug-likeness (QED) is 0.152. The van der Waals surface area contributed by atoms with Crippen molar-refractivity contribution in [1.82, 2.24) is 33.6 Å². The van der Waals surface area contributed by atoms with Gasteiger partial charge in [0.1, 0.15) is 0 Å². The zero-order chi connectivity index (χ0) is 49.4. The molecule has 0 aliphatic carbocycles. The van der Waals surface area contributed by atoms with Gasteiger partial charge in [0.05, 0.1) is 33.1 Å². The zero-order valence-corrected chi connectivity index (χ0v) is 40.5. The highest BCUT2D eigenvalue weighted by molar-refractivity contribution is 6.14. The van der Waals surface area contributed by atoms with E-state index in [-0.39, 0.29) is 0 Å². The van der Waals surface area contributed by atoms with Crippen LogP contribution in [0.2, 0.25) is 0 Å². The van der Waals surface area contributed by atoms with Gasteiger partial charge in [0.15, 0.2) is 17.5 Å². The maximum Gasteiger partial charge on any atom is 0.164 e. The Balaban J connectivity index is 0.897. The minimum Gasteiger partial charge on any atom is -0.309 e. The number of fused-ring (bicyclic) bond motifs is 9. The fourth-order valence-electron chi connectivity index (χ4n) is 11.3. The first-order valence-electron chi connectivity index (χ1n) is 25.3. The Morgan fingerprint density at radius 1 is 0.213 bits per heavy atom. The van der Waals surface area contributed by atoms with Crippen molar-refractivity contribution in [2.45, 2.75) is 0 Å². The summed E-state index contributed by atoms with van der Waals surface area (Å²) in [6.07, 6.45) is 3.53. The Labute approximate surface area is 431 Å². The van der Waals surface area contributed by atoms with Crippen LogP contribution in [0.1, 0.15) is 0 Å². The van der Waals surface area contributed by atoms with Gasteiger partial charge in [-0.15, -0.1) is 0 Å². The molecule has 0 unspecified atom stereocenters. The van der Waals surface area contributed by atoms with Crippen LogP contribution in [0.3, 0.4) is 0 Å². The lowest BCUT2D eigenvalue weighted by Gasteiger charge is -2.11. The van der Waals surface area contributed by atoms with E-state index in [0.717, 1.165) is 55.9 Å². The third kappa shape index (κ3) is 7.05. The van der Waals surface area contributed by atoms with E-state index in [2.05, 4.69) is 225 Å². The van der Waals surface area contributed by atoms with Crippen molar-refractivity contribution in [3.05, 3.63) is 261 Å². The molecule has 10 aromatic carbocycles. The minimum atomic E-state index is 0.599. The van der Waals surface area contributed by atoms with Gasteiger partial charge >= 0.3 is 0 Å². The van der Waals surface area contributed by atoms with Gasteiger partial charge in [-0.05, 0) is 144 Å². The molecule has 0 spiro atoms. The number of benzene rings is 10. The first-order valence-corrected chi connectivity index (χ1v) is 25.3. The third-order valence-electron chi connectivity index (χ3n) is 14.8. The van der Waals surface area contributed by atoms with Gasteiger partial charge in [0, 0.05) is 78.5 Å². The van der Waals surface area contributed by atoms with Crippen LogP contribution in [0.4, 0.5) is 0 Å². The second-order valence-corrected chi connectivity index (χ2v) is 19.1. The Hall–Kier alpha value is -10.2. The number of hydrogen-bond donors (Lipinski definition) is 0. The lowest BCUT2D eigenvalue weighted by molar-refractivity contribution is 1.07. The third-order valence-corrected chi connectivity index (χ3v) is 14.8. The molecule has 15 rings (SSSR count). The molecule has 75 heavy (non-hydrogen) atoms. The summed E-state index contributed by atoms with van der Waals surface area (Å²) in [6.45, 7) is 0. The molecule has 0 fully saturated rings. The molecule has 0 N–H and O–H groups in total. The van der Waals surface area contributed by atoms with Gasteiger partial charge in [-0.1, -0.05) is 127 Å². The lowest BCUT2D eigenvalue weighted by atomic mass is 9.98. The normalized spacial score (nSPS) is 11.7. The Morgan fingerprint density at radius 2 is 0.507 bits per heavy atom. The van der Waals surface area contributed by atoms with Crippen molar-refractivity contribution >= 4 is 65.4 Å². The van der Waals surface area contributed by atoms with E-state index in [4.69, 9.17) is 15.0 Å². The van der Waals surface area contributed by atoms with Crippen molar-refractivity contribution in [3.63, 3.8) is 0 Å². The molecule has 0 saturated carbocycles. The van der Waals surface area contributed by atoms with Crippen LogP contribution in [0, 0.1) is 0 Å². The molecule has 0 aliphatic rings. The number of nitrogens with zero attached hydrogens (tertiary/aromatic N) is 7. The van der Waals surface area contributed by atoms with E-state index < -0.39 is 0 Å². The van der Waals surface area contributed by atoms with Crippen LogP contribution >= 0.6 is 0 Å². The van der Waals surface area contributed by atoms with E-state index in [1.807, 2.05) is 42.5 Å². The molecule has 5 aromatic heterocycles. The monoisotopic (exact) mass is 957 g/mol. The molecular formula is C68H43N7. The second kappa shape index (κ2) is 17.2. The summed E-state index contributed by atoms with van der Waals surface area (Å²) in [5, 5.41) is 7.26. The molecular weight excluding hydrogens is 915 g/mol. The first-order chi connectivity index (χ1) is 37.2. The second-order valence-electron chi connectivity index (χ2n) is 19.1. The van der Waals surface area contributed by atoms with Crippen LogP contribution in [-0.2, 0) is 0 Å². The van der Waals surface area contributed by atoms with Crippen LogP contribution in [-0.4, -0.2) is 33.6 Å². The van der Waals surface area contributed by atoms with Crippen molar-refractivity contribution in [3.8, 4) is 73.5 Å². The number of para-hydroxylation sites is 4. The van der Waals surface area contributed by atoms with Gasteiger partial charge in [-0.25, -0.2) is 15.0 Å². The zero-order valence-electron chi connectivity index (χ0n) is 40.5. The number of hydrogen-bond acceptors (Lipinski definition) is 4. The van der Waals surface area contributed by atoms with Gasteiger partial charge in [0.2, 0.25) is 0 Å². The number of aromatic nitrogens is 7. The fraction of sp³-hybridized carbons (Fsp3) is 0. The van der Waals surface area contributed by atoms with Gasteiger partial charge < -0.3 is 13.7 Å². The molecule has 0 amide bonds. The molecule has 0 aliphatic heterocycles. The van der Waals surface area contributed by atoms with Gasteiger partial charge in [0.25, 0.3) is 0 Å². The summed E-state index contributed by atoms with van der Waals surface area (Å²) < 4.78 is 7.13. The molecule has 7 nitrogen and oxygen atoms in total. The van der Waals surface area contributed by atoms with E-state index in [1.165, 1.54) is 65.5 Å². The Bertz CT molecular complexity index is 4400. The highest BCUT2D eigenvalue weighted by Gasteiger charge is 2.20. The van der Waals surface area contributed by atoms with Crippen LogP contribution < -0.4 is 0 Å².